The average molecular weight is 394 g/mol. The molecule has 0 radical (unpaired) electrons. The summed E-state index contributed by atoms with van der Waals surface area (Å²) in [4.78, 5) is 25.9. The van der Waals surface area contributed by atoms with E-state index in [0.29, 0.717) is 26.1 Å². The molecule has 2 aliphatic heterocycles. The van der Waals surface area contributed by atoms with E-state index in [2.05, 4.69) is 0 Å². The van der Waals surface area contributed by atoms with E-state index in [0.717, 1.165) is 19.3 Å². The van der Waals surface area contributed by atoms with Crippen LogP contribution >= 0.6 is 0 Å². The summed E-state index contributed by atoms with van der Waals surface area (Å²) in [6.45, 7) is 3.56. The maximum atomic E-state index is 12.9. The van der Waals surface area contributed by atoms with Gasteiger partial charge in [0, 0.05) is 31.7 Å². The topological polar surface area (TPSA) is 95.0 Å². The molecule has 0 aromatic heterocycles. The van der Waals surface area contributed by atoms with Crippen molar-refractivity contribution < 1.29 is 23.1 Å². The third-order valence-electron chi connectivity index (χ3n) is 5.33. The lowest BCUT2D eigenvalue weighted by Gasteiger charge is -2.34. The Labute approximate surface area is 160 Å². The standard InChI is InChI=1S/C19H26N2O5S/c1-14-10-16(19(23)24)13-20(12-14)18(22)15-6-5-7-17(11-15)27(25,26)21-8-3-2-4-9-21/h5-7,11,14,16H,2-4,8-10,12-13H2,1H3,(H,23,24). The van der Waals surface area contributed by atoms with Crippen molar-refractivity contribution in [2.24, 2.45) is 11.8 Å². The van der Waals surface area contributed by atoms with Gasteiger partial charge in [0.2, 0.25) is 10.0 Å². The van der Waals surface area contributed by atoms with Crippen molar-refractivity contribution in [1.29, 1.82) is 0 Å². The smallest absolute Gasteiger partial charge is 0.308 e. The Hall–Kier alpha value is -1.93. The molecule has 2 atom stereocenters. The number of piperidine rings is 2. The van der Waals surface area contributed by atoms with Crippen LogP contribution in [0.4, 0.5) is 0 Å². The van der Waals surface area contributed by atoms with Crippen molar-refractivity contribution in [3.05, 3.63) is 29.8 Å². The third-order valence-corrected chi connectivity index (χ3v) is 7.22. The minimum Gasteiger partial charge on any atom is -0.481 e. The SMILES string of the molecule is CC1CC(C(=O)O)CN(C(=O)c2cccc(S(=O)(=O)N3CCCCC3)c2)C1. The number of benzene rings is 1. The molecule has 1 N–H and O–H groups in total. The van der Waals surface area contributed by atoms with E-state index in [9.17, 15) is 23.1 Å². The largest absolute Gasteiger partial charge is 0.481 e. The zero-order valence-electron chi connectivity index (χ0n) is 15.5. The zero-order chi connectivity index (χ0) is 19.6. The summed E-state index contributed by atoms with van der Waals surface area (Å²) in [5.41, 5.74) is 0.284. The number of carbonyl (C=O) groups excluding carboxylic acids is 1. The number of carboxylic acids is 1. The highest BCUT2D eigenvalue weighted by molar-refractivity contribution is 7.89. The molecule has 7 nitrogen and oxygen atoms in total. The summed E-state index contributed by atoms with van der Waals surface area (Å²) in [5, 5.41) is 9.30. The Morgan fingerprint density at radius 1 is 1.11 bits per heavy atom. The molecular weight excluding hydrogens is 368 g/mol. The average Bonchev–Trinajstić information content (AvgIpc) is 2.67. The molecule has 2 saturated heterocycles. The molecule has 2 unspecified atom stereocenters. The lowest BCUT2D eigenvalue weighted by atomic mass is 9.90. The second kappa shape index (κ2) is 7.98. The first-order valence-electron chi connectivity index (χ1n) is 9.41. The number of amides is 1. The number of carbonyl (C=O) groups is 2. The van der Waals surface area contributed by atoms with Crippen LogP contribution in [-0.4, -0.2) is 60.8 Å². The molecule has 2 aliphatic rings. The molecule has 3 rings (SSSR count). The molecule has 2 heterocycles. The monoisotopic (exact) mass is 394 g/mol. The Morgan fingerprint density at radius 3 is 2.48 bits per heavy atom. The maximum Gasteiger partial charge on any atom is 0.308 e. The molecule has 8 heteroatoms. The summed E-state index contributed by atoms with van der Waals surface area (Å²) < 4.78 is 27.2. The third kappa shape index (κ3) is 4.32. The van der Waals surface area contributed by atoms with Gasteiger partial charge in [0.15, 0.2) is 0 Å². The van der Waals surface area contributed by atoms with E-state index in [1.54, 1.807) is 12.1 Å². The van der Waals surface area contributed by atoms with Crippen LogP contribution in [0.3, 0.4) is 0 Å². The van der Waals surface area contributed by atoms with Gasteiger partial charge in [-0.25, -0.2) is 8.42 Å². The van der Waals surface area contributed by atoms with Crippen LogP contribution in [0, 0.1) is 11.8 Å². The Kier molecular flexibility index (Phi) is 5.86. The first-order valence-corrected chi connectivity index (χ1v) is 10.9. The Morgan fingerprint density at radius 2 is 1.81 bits per heavy atom. The predicted molar refractivity (Wildman–Crippen MR) is 99.9 cm³/mol. The van der Waals surface area contributed by atoms with Crippen molar-refractivity contribution in [2.75, 3.05) is 26.2 Å². The Balaban J connectivity index is 1.82. The fourth-order valence-corrected chi connectivity index (χ4v) is 5.49. The van der Waals surface area contributed by atoms with Crippen LogP contribution in [0.25, 0.3) is 0 Å². The maximum absolute atomic E-state index is 12.9. The number of sulfonamides is 1. The highest BCUT2D eigenvalue weighted by Crippen LogP contribution is 2.25. The molecule has 1 aromatic rings. The number of rotatable bonds is 4. The van der Waals surface area contributed by atoms with Gasteiger partial charge in [-0.05, 0) is 43.4 Å². The summed E-state index contributed by atoms with van der Waals surface area (Å²) in [6.07, 6.45) is 3.27. The number of carboxylic acid groups (broad SMARTS) is 1. The highest BCUT2D eigenvalue weighted by atomic mass is 32.2. The number of nitrogens with zero attached hydrogens (tertiary/aromatic N) is 2. The molecule has 0 saturated carbocycles. The van der Waals surface area contributed by atoms with Gasteiger partial charge in [-0.2, -0.15) is 4.31 Å². The van der Waals surface area contributed by atoms with Crippen molar-refractivity contribution >= 4 is 21.9 Å². The van der Waals surface area contributed by atoms with Crippen LogP contribution in [-0.2, 0) is 14.8 Å². The van der Waals surface area contributed by atoms with E-state index < -0.39 is 21.9 Å². The lowest BCUT2D eigenvalue weighted by Crippen LogP contribution is -2.45. The molecule has 1 amide bonds. The summed E-state index contributed by atoms with van der Waals surface area (Å²) >= 11 is 0. The van der Waals surface area contributed by atoms with Crippen molar-refractivity contribution in [3.8, 4) is 0 Å². The first kappa shape index (κ1) is 19.8. The lowest BCUT2D eigenvalue weighted by molar-refractivity contribution is -0.143. The van der Waals surface area contributed by atoms with Gasteiger partial charge in [0.25, 0.3) is 5.91 Å². The molecular formula is C19H26N2O5S. The second-order valence-electron chi connectivity index (χ2n) is 7.58. The van der Waals surface area contributed by atoms with E-state index in [1.165, 1.54) is 21.3 Å². The van der Waals surface area contributed by atoms with E-state index >= 15 is 0 Å². The van der Waals surface area contributed by atoms with Gasteiger partial charge in [0.1, 0.15) is 0 Å². The van der Waals surface area contributed by atoms with Crippen LogP contribution in [0.15, 0.2) is 29.2 Å². The molecule has 0 spiro atoms. The van der Waals surface area contributed by atoms with Gasteiger partial charge in [0.05, 0.1) is 10.8 Å². The van der Waals surface area contributed by atoms with E-state index in [1.807, 2.05) is 6.92 Å². The van der Waals surface area contributed by atoms with E-state index in [4.69, 9.17) is 0 Å². The van der Waals surface area contributed by atoms with Crippen LogP contribution in [0.5, 0.6) is 0 Å². The van der Waals surface area contributed by atoms with Gasteiger partial charge < -0.3 is 10.0 Å². The van der Waals surface area contributed by atoms with E-state index in [-0.39, 0.29) is 28.8 Å². The number of hydrogen-bond acceptors (Lipinski definition) is 4. The first-order chi connectivity index (χ1) is 12.8. The van der Waals surface area contributed by atoms with Gasteiger partial charge >= 0.3 is 5.97 Å². The number of likely N-dealkylation sites (tertiary alicyclic amines) is 1. The summed E-state index contributed by atoms with van der Waals surface area (Å²) in [7, 11) is -3.62. The number of aliphatic carboxylic acids is 1. The van der Waals surface area contributed by atoms with Gasteiger partial charge in [-0.15, -0.1) is 0 Å². The summed E-state index contributed by atoms with van der Waals surface area (Å²) in [5.74, 6) is -1.72. The van der Waals surface area contributed by atoms with Crippen LogP contribution in [0.1, 0.15) is 43.0 Å². The zero-order valence-corrected chi connectivity index (χ0v) is 16.3. The summed E-state index contributed by atoms with van der Waals surface area (Å²) in [6, 6.07) is 6.10. The Bertz CT molecular complexity index is 817. The molecule has 0 bridgehead atoms. The van der Waals surface area contributed by atoms with Gasteiger partial charge in [-0.1, -0.05) is 19.4 Å². The predicted octanol–water partition coefficient (Wildman–Crippen LogP) is 2.04. The minimum atomic E-state index is -3.62. The highest BCUT2D eigenvalue weighted by Gasteiger charge is 2.33. The molecule has 1 aromatic carbocycles. The number of hydrogen-bond donors (Lipinski definition) is 1. The molecule has 0 aliphatic carbocycles. The fraction of sp³-hybridized carbons (Fsp3) is 0.579. The van der Waals surface area contributed by atoms with Crippen molar-refractivity contribution in [3.63, 3.8) is 0 Å². The minimum absolute atomic E-state index is 0.0871. The van der Waals surface area contributed by atoms with Crippen LogP contribution < -0.4 is 0 Å². The fourth-order valence-electron chi connectivity index (χ4n) is 3.92. The van der Waals surface area contributed by atoms with Crippen molar-refractivity contribution in [2.45, 2.75) is 37.5 Å². The molecule has 148 valence electrons. The second-order valence-corrected chi connectivity index (χ2v) is 9.52. The normalized spacial score (nSPS) is 24.6. The molecule has 2 fully saturated rings. The van der Waals surface area contributed by atoms with Crippen molar-refractivity contribution in [1.82, 2.24) is 9.21 Å². The quantitative estimate of drug-likeness (QED) is 0.843. The van der Waals surface area contributed by atoms with Gasteiger partial charge in [-0.3, -0.25) is 9.59 Å². The van der Waals surface area contributed by atoms with Crippen LogP contribution in [0.2, 0.25) is 0 Å². The molecule has 27 heavy (non-hydrogen) atoms.